The summed E-state index contributed by atoms with van der Waals surface area (Å²) in [6, 6.07) is 0. The number of anilines is 1. The zero-order chi connectivity index (χ0) is 15.0. The molecule has 0 aliphatic carbocycles. The quantitative estimate of drug-likeness (QED) is 0.590. The zero-order valence-corrected chi connectivity index (χ0v) is 11.9. The van der Waals surface area contributed by atoms with Gasteiger partial charge in [0.15, 0.2) is 5.13 Å². The number of aryl methyl sites for hydroxylation is 1. The van der Waals surface area contributed by atoms with Crippen molar-refractivity contribution in [2.75, 3.05) is 19.0 Å². The molecule has 0 saturated carbocycles. The first-order valence-corrected chi connectivity index (χ1v) is 7.10. The minimum absolute atomic E-state index is 0.108. The third-order valence-electron chi connectivity index (χ3n) is 2.53. The van der Waals surface area contributed by atoms with Crippen LogP contribution in [0.2, 0.25) is 0 Å². The number of unbranched alkanes of at least 4 members (excludes halogenated alkanes) is 1. The number of aromatic nitrogens is 1. The molecule has 1 aromatic rings. The standard InChI is InChI=1S/C12H17F3N2O2S/c1-19-10(18)5-4-9-8-20-11(17-9)16-7-3-2-6-12(13,14)15/h8H,2-7H2,1H3,(H,16,17). The number of hydrogen-bond donors (Lipinski definition) is 1. The van der Waals surface area contributed by atoms with E-state index in [1.165, 1.54) is 18.4 Å². The number of rotatable bonds is 8. The Bertz CT molecular complexity index is 421. The van der Waals surface area contributed by atoms with Gasteiger partial charge in [-0.3, -0.25) is 4.79 Å². The van der Waals surface area contributed by atoms with Gasteiger partial charge >= 0.3 is 12.1 Å². The molecule has 8 heteroatoms. The van der Waals surface area contributed by atoms with E-state index >= 15 is 0 Å². The van der Waals surface area contributed by atoms with Crippen molar-refractivity contribution in [3.05, 3.63) is 11.1 Å². The van der Waals surface area contributed by atoms with Gasteiger partial charge in [-0.25, -0.2) is 4.98 Å². The molecule has 114 valence electrons. The molecule has 0 aliphatic rings. The molecule has 0 aliphatic heterocycles. The van der Waals surface area contributed by atoms with Crippen molar-refractivity contribution < 1.29 is 22.7 Å². The highest BCUT2D eigenvalue weighted by Crippen LogP contribution is 2.22. The van der Waals surface area contributed by atoms with Crippen molar-refractivity contribution in [3.63, 3.8) is 0 Å². The van der Waals surface area contributed by atoms with E-state index in [1.54, 1.807) is 0 Å². The molecule has 0 bridgehead atoms. The Kier molecular flexibility index (Phi) is 6.77. The zero-order valence-electron chi connectivity index (χ0n) is 11.1. The topological polar surface area (TPSA) is 51.2 Å². The molecule has 0 aromatic carbocycles. The number of alkyl halides is 3. The van der Waals surface area contributed by atoms with Crippen LogP contribution >= 0.6 is 11.3 Å². The Hall–Kier alpha value is -1.31. The highest BCUT2D eigenvalue weighted by Gasteiger charge is 2.25. The Morgan fingerprint density at radius 2 is 2.20 bits per heavy atom. The molecule has 0 fully saturated rings. The van der Waals surface area contributed by atoms with Crippen LogP contribution in [0.25, 0.3) is 0 Å². The van der Waals surface area contributed by atoms with Gasteiger partial charge in [0.2, 0.25) is 0 Å². The second-order valence-corrected chi connectivity index (χ2v) is 5.08. The molecule has 4 nitrogen and oxygen atoms in total. The van der Waals surface area contributed by atoms with E-state index in [9.17, 15) is 18.0 Å². The van der Waals surface area contributed by atoms with E-state index in [0.29, 0.717) is 24.5 Å². The van der Waals surface area contributed by atoms with Crippen molar-refractivity contribution >= 4 is 22.4 Å². The SMILES string of the molecule is COC(=O)CCc1csc(NCCCCC(F)(F)F)n1. The monoisotopic (exact) mass is 310 g/mol. The first-order valence-electron chi connectivity index (χ1n) is 6.22. The second kappa shape index (κ2) is 8.08. The number of carbonyl (C=O) groups excluding carboxylic acids is 1. The van der Waals surface area contributed by atoms with Crippen LogP contribution in [0.15, 0.2) is 5.38 Å². The van der Waals surface area contributed by atoms with E-state index in [1.807, 2.05) is 5.38 Å². The fourth-order valence-electron chi connectivity index (χ4n) is 1.48. The van der Waals surface area contributed by atoms with Crippen LogP contribution in [0.1, 0.15) is 31.4 Å². The van der Waals surface area contributed by atoms with E-state index < -0.39 is 12.6 Å². The number of nitrogens with zero attached hydrogens (tertiary/aromatic N) is 1. The molecule has 0 radical (unpaired) electrons. The van der Waals surface area contributed by atoms with Crippen molar-refractivity contribution in [3.8, 4) is 0 Å². The van der Waals surface area contributed by atoms with E-state index in [2.05, 4.69) is 15.0 Å². The molecule has 0 spiro atoms. The van der Waals surface area contributed by atoms with Gasteiger partial charge in [-0.15, -0.1) is 11.3 Å². The fourth-order valence-corrected chi connectivity index (χ4v) is 2.25. The van der Waals surface area contributed by atoms with Crippen molar-refractivity contribution in [1.82, 2.24) is 4.98 Å². The number of nitrogens with one attached hydrogen (secondary N) is 1. The predicted molar refractivity (Wildman–Crippen MR) is 70.8 cm³/mol. The summed E-state index contributed by atoms with van der Waals surface area (Å²) in [4.78, 5) is 15.2. The Balaban J connectivity index is 2.19. The molecule has 0 atom stereocenters. The molecule has 1 N–H and O–H groups in total. The average molecular weight is 310 g/mol. The number of thiazole rings is 1. The Labute approximate surface area is 119 Å². The largest absolute Gasteiger partial charge is 0.469 e. The maximum atomic E-state index is 11.9. The lowest BCUT2D eigenvalue weighted by Gasteiger charge is -2.05. The van der Waals surface area contributed by atoms with Gasteiger partial charge in [0.1, 0.15) is 0 Å². The van der Waals surface area contributed by atoms with Crippen LogP contribution in [-0.4, -0.2) is 30.8 Å². The normalized spacial score (nSPS) is 11.4. The predicted octanol–water partition coefficient (Wildman–Crippen LogP) is 3.39. The summed E-state index contributed by atoms with van der Waals surface area (Å²) < 4.78 is 40.3. The molecular weight excluding hydrogens is 293 g/mol. The van der Waals surface area contributed by atoms with E-state index in [4.69, 9.17) is 0 Å². The van der Waals surface area contributed by atoms with Crippen molar-refractivity contribution in [2.45, 2.75) is 38.3 Å². The third-order valence-corrected chi connectivity index (χ3v) is 3.38. The number of esters is 1. The molecule has 0 amide bonds. The molecule has 1 aromatic heterocycles. The van der Waals surface area contributed by atoms with Crippen LogP contribution in [0, 0.1) is 0 Å². The maximum absolute atomic E-state index is 11.9. The minimum atomic E-state index is -4.08. The molecule has 20 heavy (non-hydrogen) atoms. The fraction of sp³-hybridized carbons (Fsp3) is 0.667. The highest BCUT2D eigenvalue weighted by molar-refractivity contribution is 7.13. The Morgan fingerprint density at radius 3 is 2.85 bits per heavy atom. The van der Waals surface area contributed by atoms with E-state index in [0.717, 1.165) is 5.69 Å². The lowest BCUT2D eigenvalue weighted by atomic mass is 10.2. The molecule has 0 saturated heterocycles. The van der Waals surface area contributed by atoms with E-state index in [-0.39, 0.29) is 18.8 Å². The number of methoxy groups -OCH3 is 1. The number of hydrogen-bond acceptors (Lipinski definition) is 5. The summed E-state index contributed by atoms with van der Waals surface area (Å²) in [6.45, 7) is 0.458. The smallest absolute Gasteiger partial charge is 0.389 e. The summed E-state index contributed by atoms with van der Waals surface area (Å²) in [5.41, 5.74) is 0.776. The lowest BCUT2D eigenvalue weighted by Crippen LogP contribution is -2.08. The highest BCUT2D eigenvalue weighted by atomic mass is 32.1. The number of carbonyl (C=O) groups is 1. The second-order valence-electron chi connectivity index (χ2n) is 4.22. The van der Waals surface area contributed by atoms with Gasteiger partial charge in [-0.05, 0) is 12.8 Å². The van der Waals surface area contributed by atoms with Gasteiger partial charge in [-0.1, -0.05) is 0 Å². The molecule has 1 heterocycles. The number of halogens is 3. The lowest BCUT2D eigenvalue weighted by molar-refractivity contribution is -0.140. The summed E-state index contributed by atoms with van der Waals surface area (Å²) >= 11 is 1.38. The third kappa shape index (κ3) is 7.32. The summed E-state index contributed by atoms with van der Waals surface area (Å²) in [5.74, 6) is -0.292. The summed E-state index contributed by atoms with van der Waals surface area (Å²) in [6.07, 6.45) is -3.52. The van der Waals surface area contributed by atoms with Gasteiger partial charge in [0, 0.05) is 24.8 Å². The van der Waals surface area contributed by atoms with Gasteiger partial charge in [0.25, 0.3) is 0 Å². The first kappa shape index (κ1) is 16.7. The van der Waals surface area contributed by atoms with Crippen LogP contribution in [0.5, 0.6) is 0 Å². The molecular formula is C12H17F3N2O2S. The Morgan fingerprint density at radius 1 is 1.45 bits per heavy atom. The van der Waals surface area contributed by atoms with Crippen LogP contribution < -0.4 is 5.32 Å². The van der Waals surface area contributed by atoms with Crippen molar-refractivity contribution in [1.29, 1.82) is 0 Å². The van der Waals surface area contributed by atoms with Gasteiger partial charge in [-0.2, -0.15) is 13.2 Å². The van der Waals surface area contributed by atoms with Crippen LogP contribution in [0.3, 0.4) is 0 Å². The maximum Gasteiger partial charge on any atom is 0.389 e. The average Bonchev–Trinajstić information content (AvgIpc) is 2.82. The van der Waals surface area contributed by atoms with Crippen LogP contribution in [-0.2, 0) is 16.0 Å². The van der Waals surface area contributed by atoms with Crippen molar-refractivity contribution in [2.24, 2.45) is 0 Å². The summed E-state index contributed by atoms with van der Waals surface area (Å²) in [7, 11) is 1.33. The number of ether oxygens (including phenoxy) is 1. The summed E-state index contributed by atoms with van der Waals surface area (Å²) in [5, 5.41) is 5.46. The molecule has 1 rings (SSSR count). The minimum Gasteiger partial charge on any atom is -0.469 e. The van der Waals surface area contributed by atoms with Crippen LogP contribution in [0.4, 0.5) is 18.3 Å². The molecule has 0 unspecified atom stereocenters. The van der Waals surface area contributed by atoms with Gasteiger partial charge < -0.3 is 10.1 Å². The van der Waals surface area contributed by atoms with Gasteiger partial charge in [0.05, 0.1) is 19.2 Å². The first-order chi connectivity index (χ1) is 9.40.